The van der Waals surface area contributed by atoms with Crippen LogP contribution in [0, 0.1) is 0 Å². The molecule has 1 aromatic carbocycles. The molecule has 158 valence electrons. The van der Waals surface area contributed by atoms with E-state index in [0.717, 1.165) is 0 Å². The van der Waals surface area contributed by atoms with Crippen LogP contribution in [0.25, 0.3) is 0 Å². The van der Waals surface area contributed by atoms with Gasteiger partial charge in [0.1, 0.15) is 23.2 Å². The first-order chi connectivity index (χ1) is 13.3. The van der Waals surface area contributed by atoms with Gasteiger partial charge in [-0.15, -0.1) is 11.8 Å². The van der Waals surface area contributed by atoms with Gasteiger partial charge in [0.25, 0.3) is 5.91 Å². The third-order valence-corrected chi connectivity index (χ3v) is 8.17. The van der Waals surface area contributed by atoms with E-state index in [4.69, 9.17) is 62.7 Å². The number of hydrogen-bond acceptors (Lipinski definition) is 5. The molecule has 5 nitrogen and oxygen atoms in total. The number of thioether (sulfide) groups is 1. The fourth-order valence-corrected chi connectivity index (χ4v) is 6.20. The number of fused-ring (bicyclic) bond motifs is 1. The van der Waals surface area contributed by atoms with Crippen molar-refractivity contribution in [2.75, 3.05) is 6.61 Å². The second-order valence-electron chi connectivity index (χ2n) is 6.99. The molecule has 12 heteroatoms. The number of carbonyl (C=O) groups excluding carboxylic acids is 2. The number of alkyl halides is 4. The van der Waals surface area contributed by atoms with Gasteiger partial charge < -0.3 is 9.64 Å². The molecule has 3 atom stereocenters. The Kier molecular flexibility index (Phi) is 6.74. The molecule has 0 spiro atoms. The van der Waals surface area contributed by atoms with Crippen LogP contribution in [-0.2, 0) is 14.3 Å². The molecule has 2 saturated heterocycles. The third kappa shape index (κ3) is 4.66. The molecule has 2 aliphatic heterocycles. The first-order valence-corrected chi connectivity index (χ1v) is 11.8. The van der Waals surface area contributed by atoms with Gasteiger partial charge in [-0.25, -0.2) is 9.79 Å². The second-order valence-corrected chi connectivity index (χ2v) is 13.2. The van der Waals surface area contributed by atoms with E-state index < -0.39 is 42.9 Å². The van der Waals surface area contributed by atoms with Gasteiger partial charge in [-0.05, 0) is 41.9 Å². The average Bonchev–Trinajstić information content (AvgIpc) is 2.89. The summed E-state index contributed by atoms with van der Waals surface area (Å²) >= 11 is 34.0. The summed E-state index contributed by atoms with van der Waals surface area (Å²) in [6.07, 6.45) is 0. The Labute approximate surface area is 205 Å². The zero-order valence-corrected chi connectivity index (χ0v) is 21.1. The Hall–Kier alpha value is 0.110. The van der Waals surface area contributed by atoms with Crippen molar-refractivity contribution < 1.29 is 14.3 Å². The lowest BCUT2D eigenvalue weighted by Crippen LogP contribution is -2.70. The first kappa shape index (κ1) is 23.8. The molecule has 2 heterocycles. The van der Waals surface area contributed by atoms with Crippen LogP contribution < -0.4 is 0 Å². The summed E-state index contributed by atoms with van der Waals surface area (Å²) in [5.41, 5.74) is 0.613. The van der Waals surface area contributed by atoms with E-state index >= 15 is 0 Å². The smallest absolute Gasteiger partial charge is 0.330 e. The number of hydrogen-bond donors (Lipinski definition) is 0. The fourth-order valence-electron chi connectivity index (χ4n) is 3.11. The van der Waals surface area contributed by atoms with Gasteiger partial charge in [-0.1, -0.05) is 70.1 Å². The summed E-state index contributed by atoms with van der Waals surface area (Å²) in [6, 6.07) is 5.90. The molecule has 2 aliphatic rings. The quantitative estimate of drug-likeness (QED) is 0.157. The minimum atomic E-state index is -1.74. The van der Waals surface area contributed by atoms with E-state index in [9.17, 15) is 9.59 Å². The molecule has 0 aliphatic carbocycles. The summed E-state index contributed by atoms with van der Waals surface area (Å²) in [5, 5.41) is 0.241. The maximum Gasteiger partial charge on any atom is 0.330 e. The Morgan fingerprint density at radius 2 is 1.90 bits per heavy atom. The van der Waals surface area contributed by atoms with Crippen molar-refractivity contribution in [3.8, 4) is 0 Å². The van der Waals surface area contributed by atoms with Crippen molar-refractivity contribution in [3.05, 3.63) is 34.9 Å². The number of aliphatic imine (C=N–C) groups is 1. The topological polar surface area (TPSA) is 59.0 Å². The molecular formula is C17H14BrCl5N2O3S. The van der Waals surface area contributed by atoms with E-state index in [2.05, 4.69) is 20.9 Å². The largest absolute Gasteiger partial charge is 0.460 e. The average molecular weight is 584 g/mol. The van der Waals surface area contributed by atoms with Gasteiger partial charge in [0, 0.05) is 15.3 Å². The van der Waals surface area contributed by atoms with Crippen LogP contribution in [0.15, 0.2) is 29.3 Å². The van der Waals surface area contributed by atoms with Crippen molar-refractivity contribution in [3.63, 3.8) is 0 Å². The molecule has 0 unspecified atom stereocenters. The number of ether oxygens (including phenoxy) is 1. The monoisotopic (exact) mass is 580 g/mol. The number of halogens is 6. The third-order valence-electron chi connectivity index (χ3n) is 4.41. The van der Waals surface area contributed by atoms with Gasteiger partial charge in [0.15, 0.2) is 0 Å². The second kappa shape index (κ2) is 8.23. The predicted molar refractivity (Wildman–Crippen MR) is 123 cm³/mol. The summed E-state index contributed by atoms with van der Waals surface area (Å²) in [6.45, 7) is 3.26. The van der Waals surface area contributed by atoms with Gasteiger partial charge in [0.2, 0.25) is 8.24 Å². The summed E-state index contributed by atoms with van der Waals surface area (Å²) in [5.74, 6) is -1.05. The highest BCUT2D eigenvalue weighted by Gasteiger charge is 2.71. The van der Waals surface area contributed by atoms with Crippen molar-refractivity contribution in [2.45, 2.75) is 38.3 Å². The van der Waals surface area contributed by atoms with Crippen LogP contribution in [0.1, 0.15) is 19.4 Å². The van der Waals surface area contributed by atoms with E-state index in [-0.39, 0.29) is 5.17 Å². The van der Waals surface area contributed by atoms with Crippen molar-refractivity contribution in [1.82, 2.24) is 4.90 Å². The Morgan fingerprint density at radius 1 is 1.31 bits per heavy atom. The van der Waals surface area contributed by atoms with Crippen molar-refractivity contribution >= 4 is 103 Å². The molecule has 0 N–H and O–H groups in total. The molecule has 1 aromatic rings. The highest BCUT2D eigenvalue weighted by molar-refractivity contribution is 9.10. The Bertz CT molecular complexity index is 877. The highest BCUT2D eigenvalue weighted by Crippen LogP contribution is 2.58. The summed E-state index contributed by atoms with van der Waals surface area (Å²) in [7, 11) is 0. The van der Waals surface area contributed by atoms with E-state index in [1.54, 1.807) is 24.3 Å². The van der Waals surface area contributed by atoms with Crippen LogP contribution in [0.3, 0.4) is 0 Å². The molecule has 29 heavy (non-hydrogen) atoms. The minimum Gasteiger partial charge on any atom is -0.460 e. The van der Waals surface area contributed by atoms with Crippen molar-refractivity contribution in [1.29, 1.82) is 0 Å². The number of nitrogens with zero attached hydrogens (tertiary/aromatic N) is 2. The number of rotatable bonds is 4. The maximum absolute atomic E-state index is 13.0. The van der Waals surface area contributed by atoms with Crippen LogP contribution >= 0.6 is 85.7 Å². The van der Waals surface area contributed by atoms with Crippen LogP contribution in [0.5, 0.6) is 0 Å². The van der Waals surface area contributed by atoms with Gasteiger partial charge in [-0.2, -0.15) is 0 Å². The lowest BCUT2D eigenvalue weighted by molar-refractivity contribution is -0.163. The molecule has 3 rings (SSSR count). The minimum absolute atomic E-state index is 0.146. The standard InChI is InChI=1S/C17H14BrCl5N2O3S/c1-15(2)10(12(26)28-7-16(21,22)23)25-13(27)17(18,14(25)29-15)24-11(20)8-3-5-9(19)6-4-8/h3-6,10,14H,7H2,1-2H3/t10-,14+,17+/m0/s1. The summed E-state index contributed by atoms with van der Waals surface area (Å²) in [4.78, 5) is 31.5. The molecule has 1 amide bonds. The van der Waals surface area contributed by atoms with Crippen LogP contribution in [0.4, 0.5) is 0 Å². The molecular weight excluding hydrogens is 569 g/mol. The summed E-state index contributed by atoms with van der Waals surface area (Å²) < 4.78 is 1.44. The number of amides is 1. The fraction of sp³-hybridized carbons (Fsp3) is 0.471. The van der Waals surface area contributed by atoms with Crippen LogP contribution in [-0.4, -0.2) is 53.0 Å². The zero-order chi connectivity index (χ0) is 21.8. The first-order valence-electron chi connectivity index (χ1n) is 8.20. The molecule has 0 aromatic heterocycles. The number of esters is 1. The van der Waals surface area contributed by atoms with E-state index in [1.807, 2.05) is 13.8 Å². The number of β-lactam (4-membered cyclic amide) rings is 1. The number of carbonyl (C=O) groups is 2. The molecule has 0 saturated carbocycles. The SMILES string of the molecule is CC1(C)S[C@H]2N(C(=O)[C@@]2(Br)N=C(Cl)c2ccc(Cl)cc2)[C@H]1C(=O)OCC(Cl)(Cl)Cl. The lowest BCUT2D eigenvalue weighted by Gasteiger charge is -2.47. The Balaban J connectivity index is 1.83. The van der Waals surface area contributed by atoms with Gasteiger partial charge >= 0.3 is 5.97 Å². The lowest BCUT2D eigenvalue weighted by atomic mass is 9.96. The Morgan fingerprint density at radius 3 is 2.45 bits per heavy atom. The highest BCUT2D eigenvalue weighted by atomic mass is 79.9. The van der Waals surface area contributed by atoms with E-state index in [1.165, 1.54) is 16.7 Å². The van der Waals surface area contributed by atoms with Crippen molar-refractivity contribution in [2.24, 2.45) is 4.99 Å². The predicted octanol–water partition coefficient (Wildman–Crippen LogP) is 5.39. The van der Waals surface area contributed by atoms with Gasteiger partial charge in [-0.3, -0.25) is 4.79 Å². The van der Waals surface area contributed by atoms with E-state index in [0.29, 0.717) is 10.6 Å². The number of benzene rings is 1. The van der Waals surface area contributed by atoms with Crippen LogP contribution in [0.2, 0.25) is 5.02 Å². The molecule has 0 radical (unpaired) electrons. The molecule has 0 bridgehead atoms. The molecule has 2 fully saturated rings. The maximum atomic E-state index is 13.0. The van der Waals surface area contributed by atoms with Gasteiger partial charge in [0.05, 0.1) is 0 Å². The zero-order valence-electron chi connectivity index (χ0n) is 15.0. The normalized spacial score (nSPS) is 28.8.